The van der Waals surface area contributed by atoms with Gasteiger partial charge in [-0.15, -0.1) is 11.3 Å². The van der Waals surface area contributed by atoms with Crippen LogP contribution in [0.2, 0.25) is 0 Å². The van der Waals surface area contributed by atoms with Gasteiger partial charge in [-0.25, -0.2) is 9.79 Å². The highest BCUT2D eigenvalue weighted by atomic mass is 32.1. The normalized spacial score (nSPS) is 11.1. The Morgan fingerprint density at radius 1 is 1.50 bits per heavy atom. The van der Waals surface area contributed by atoms with Crippen LogP contribution in [0.4, 0.5) is 10.0 Å². The minimum Gasteiger partial charge on any atom is -0.462 e. The third-order valence-electron chi connectivity index (χ3n) is 2.70. The van der Waals surface area contributed by atoms with Gasteiger partial charge in [0.2, 0.25) is 0 Å². The molecule has 2 rings (SSSR count). The van der Waals surface area contributed by atoms with Crippen molar-refractivity contribution in [1.29, 1.82) is 0 Å². The molecule has 0 saturated carbocycles. The lowest BCUT2D eigenvalue weighted by atomic mass is 10.1. The van der Waals surface area contributed by atoms with Crippen molar-refractivity contribution in [2.45, 2.75) is 20.3 Å². The standard InChI is InChI=1S/C14H16N2O2S2/c1-3-10-11(14(17)18-4-2)12(15)20-13(10)16-8-9-6-5-7-19-9/h5-8H,3-4,15H2,1-2H3. The summed E-state index contributed by atoms with van der Waals surface area (Å²) >= 11 is 2.94. The summed E-state index contributed by atoms with van der Waals surface area (Å²) in [5.41, 5.74) is 7.27. The number of carbonyl (C=O) groups excluding carboxylic acids is 1. The van der Waals surface area contributed by atoms with Crippen molar-refractivity contribution in [3.63, 3.8) is 0 Å². The molecule has 20 heavy (non-hydrogen) atoms. The number of thiophene rings is 2. The average Bonchev–Trinajstić information content (AvgIpc) is 3.03. The topological polar surface area (TPSA) is 64.7 Å². The monoisotopic (exact) mass is 308 g/mol. The fraction of sp³-hybridized carbons (Fsp3) is 0.286. The molecule has 0 fully saturated rings. The zero-order chi connectivity index (χ0) is 14.5. The number of rotatable bonds is 5. The molecule has 0 radical (unpaired) electrons. The summed E-state index contributed by atoms with van der Waals surface area (Å²) in [5, 5.41) is 3.25. The molecule has 2 aromatic heterocycles. The maximum Gasteiger partial charge on any atom is 0.341 e. The highest BCUT2D eigenvalue weighted by Gasteiger charge is 2.21. The van der Waals surface area contributed by atoms with E-state index in [2.05, 4.69) is 4.99 Å². The minimum absolute atomic E-state index is 0.338. The molecular weight excluding hydrogens is 292 g/mol. The van der Waals surface area contributed by atoms with Crippen molar-refractivity contribution in [3.05, 3.63) is 33.5 Å². The van der Waals surface area contributed by atoms with Gasteiger partial charge in [0.05, 0.1) is 12.2 Å². The van der Waals surface area contributed by atoms with E-state index in [1.165, 1.54) is 11.3 Å². The van der Waals surface area contributed by atoms with Crippen molar-refractivity contribution >= 4 is 44.9 Å². The summed E-state index contributed by atoms with van der Waals surface area (Å²) in [4.78, 5) is 17.5. The lowest BCUT2D eigenvalue weighted by molar-refractivity contribution is 0.0527. The van der Waals surface area contributed by atoms with E-state index in [9.17, 15) is 4.79 Å². The van der Waals surface area contributed by atoms with Gasteiger partial charge in [-0.05, 0) is 24.8 Å². The molecule has 2 aromatic rings. The van der Waals surface area contributed by atoms with Crippen molar-refractivity contribution < 1.29 is 9.53 Å². The molecule has 2 N–H and O–H groups in total. The molecule has 0 aromatic carbocycles. The molecule has 106 valence electrons. The van der Waals surface area contributed by atoms with Crippen LogP contribution in [0, 0.1) is 0 Å². The van der Waals surface area contributed by atoms with Crippen molar-refractivity contribution in [3.8, 4) is 0 Å². The first-order chi connectivity index (χ1) is 9.67. The lowest BCUT2D eigenvalue weighted by Gasteiger charge is -2.03. The van der Waals surface area contributed by atoms with E-state index >= 15 is 0 Å². The number of ether oxygens (including phenoxy) is 1. The molecule has 0 aliphatic carbocycles. The SMILES string of the molecule is CCOC(=O)c1c(N)sc(N=Cc2cccs2)c1CC. The van der Waals surface area contributed by atoms with Crippen LogP contribution in [0.15, 0.2) is 22.5 Å². The second-order valence-electron chi connectivity index (χ2n) is 3.97. The largest absolute Gasteiger partial charge is 0.462 e. The molecule has 0 unspecified atom stereocenters. The Morgan fingerprint density at radius 3 is 2.90 bits per heavy atom. The summed E-state index contributed by atoms with van der Waals surface area (Å²) in [6.45, 7) is 4.10. The quantitative estimate of drug-likeness (QED) is 0.673. The molecule has 4 nitrogen and oxygen atoms in total. The van der Waals surface area contributed by atoms with Crippen LogP contribution in [0.5, 0.6) is 0 Å². The van der Waals surface area contributed by atoms with Gasteiger partial charge in [-0.3, -0.25) is 0 Å². The number of esters is 1. The summed E-state index contributed by atoms with van der Waals surface area (Å²) in [7, 11) is 0. The first-order valence-electron chi connectivity index (χ1n) is 6.33. The van der Waals surface area contributed by atoms with E-state index < -0.39 is 0 Å². The first-order valence-corrected chi connectivity index (χ1v) is 8.02. The Balaban J connectivity index is 2.35. The zero-order valence-electron chi connectivity index (χ0n) is 11.4. The summed E-state index contributed by atoms with van der Waals surface area (Å²) in [6, 6.07) is 3.96. The van der Waals surface area contributed by atoms with Gasteiger partial charge in [-0.1, -0.05) is 24.3 Å². The Morgan fingerprint density at radius 2 is 2.30 bits per heavy atom. The Bertz CT molecular complexity index is 615. The zero-order valence-corrected chi connectivity index (χ0v) is 13.0. The second kappa shape index (κ2) is 6.67. The third-order valence-corrected chi connectivity index (χ3v) is 4.47. The second-order valence-corrected chi connectivity index (χ2v) is 5.98. The third kappa shape index (κ3) is 3.08. The highest BCUT2D eigenvalue weighted by molar-refractivity contribution is 7.20. The average molecular weight is 308 g/mol. The molecule has 0 aliphatic rings. The predicted octanol–water partition coefficient (Wildman–Crippen LogP) is 3.88. The maximum atomic E-state index is 11.9. The summed E-state index contributed by atoms with van der Waals surface area (Å²) in [6.07, 6.45) is 2.49. The van der Waals surface area contributed by atoms with Gasteiger partial charge >= 0.3 is 5.97 Å². The predicted molar refractivity (Wildman–Crippen MR) is 85.6 cm³/mol. The number of nitrogens with zero attached hydrogens (tertiary/aromatic N) is 1. The van der Waals surface area contributed by atoms with Crippen LogP contribution in [-0.2, 0) is 11.2 Å². The van der Waals surface area contributed by atoms with Gasteiger partial charge in [0.25, 0.3) is 0 Å². The number of nitrogens with two attached hydrogens (primary N) is 1. The van der Waals surface area contributed by atoms with E-state index in [-0.39, 0.29) is 5.97 Å². The maximum absolute atomic E-state index is 11.9. The number of carbonyl (C=O) groups is 1. The van der Waals surface area contributed by atoms with Gasteiger partial charge < -0.3 is 10.5 Å². The van der Waals surface area contributed by atoms with Crippen LogP contribution in [0.1, 0.15) is 34.6 Å². The molecule has 0 atom stereocenters. The smallest absolute Gasteiger partial charge is 0.341 e. The van der Waals surface area contributed by atoms with Gasteiger partial charge in [0, 0.05) is 16.7 Å². The minimum atomic E-state index is -0.365. The molecule has 0 saturated heterocycles. The van der Waals surface area contributed by atoms with Crippen molar-refractivity contribution in [1.82, 2.24) is 0 Å². The lowest BCUT2D eigenvalue weighted by Crippen LogP contribution is -2.08. The van der Waals surface area contributed by atoms with Crippen molar-refractivity contribution in [2.24, 2.45) is 4.99 Å². The molecular formula is C14H16N2O2S2. The van der Waals surface area contributed by atoms with Crippen LogP contribution in [0.3, 0.4) is 0 Å². The fourth-order valence-corrected chi connectivity index (χ4v) is 3.40. The summed E-state index contributed by atoms with van der Waals surface area (Å²) in [5.74, 6) is -0.365. The van der Waals surface area contributed by atoms with Gasteiger partial charge in [-0.2, -0.15) is 0 Å². The van der Waals surface area contributed by atoms with E-state index in [1.807, 2.05) is 24.4 Å². The number of aliphatic imine (C=N–C) groups is 1. The number of hydrogen-bond acceptors (Lipinski definition) is 6. The molecule has 0 amide bonds. The van der Waals surface area contributed by atoms with Crippen LogP contribution in [-0.4, -0.2) is 18.8 Å². The van der Waals surface area contributed by atoms with Crippen LogP contribution < -0.4 is 5.73 Å². The Kier molecular flexibility index (Phi) is 4.92. The number of nitrogen functional groups attached to an aromatic ring is 1. The molecule has 0 spiro atoms. The van der Waals surface area contributed by atoms with E-state index in [0.29, 0.717) is 23.6 Å². The van der Waals surface area contributed by atoms with E-state index in [0.717, 1.165) is 15.4 Å². The number of anilines is 1. The van der Waals surface area contributed by atoms with E-state index in [1.54, 1.807) is 24.5 Å². The van der Waals surface area contributed by atoms with Gasteiger partial charge in [0.15, 0.2) is 0 Å². The molecule has 0 bridgehead atoms. The summed E-state index contributed by atoms with van der Waals surface area (Å²) < 4.78 is 5.05. The molecule has 0 aliphatic heterocycles. The van der Waals surface area contributed by atoms with Crippen molar-refractivity contribution in [2.75, 3.05) is 12.3 Å². The molecule has 2 heterocycles. The number of hydrogen-bond donors (Lipinski definition) is 1. The fourth-order valence-electron chi connectivity index (χ4n) is 1.82. The molecule has 6 heteroatoms. The Labute approximate surface area is 125 Å². The highest BCUT2D eigenvalue weighted by Crippen LogP contribution is 2.38. The first kappa shape index (κ1) is 14.7. The van der Waals surface area contributed by atoms with E-state index in [4.69, 9.17) is 10.5 Å². The van der Waals surface area contributed by atoms with Crippen LogP contribution >= 0.6 is 22.7 Å². The Hall–Kier alpha value is -1.66. The van der Waals surface area contributed by atoms with Crippen LogP contribution in [0.25, 0.3) is 0 Å². The van der Waals surface area contributed by atoms with Gasteiger partial charge in [0.1, 0.15) is 10.0 Å².